The molecule has 1 aromatic carbocycles. The van der Waals surface area contributed by atoms with Crippen LogP contribution in [0.5, 0.6) is 0 Å². The monoisotopic (exact) mass is 518 g/mol. The molecule has 3 heterocycles. The Balaban J connectivity index is 1.32. The van der Waals surface area contributed by atoms with Crippen molar-refractivity contribution in [2.24, 2.45) is 11.8 Å². The van der Waals surface area contributed by atoms with E-state index in [4.69, 9.17) is 10.1 Å². The Morgan fingerprint density at radius 2 is 1.94 bits per heavy atom. The molecule has 1 unspecified atom stereocenters. The summed E-state index contributed by atoms with van der Waals surface area (Å²) < 4.78 is 45.4. The number of hydrogen-bond acceptors (Lipinski definition) is 6. The highest BCUT2D eigenvalue weighted by Gasteiger charge is 2.36. The molecule has 5 rings (SSSR count). The van der Waals surface area contributed by atoms with Gasteiger partial charge in [-0.3, -0.25) is 0 Å². The lowest BCUT2D eigenvalue weighted by Gasteiger charge is -2.29. The average molecular weight is 519 g/mol. The highest BCUT2D eigenvalue weighted by molar-refractivity contribution is 7.10. The number of halogens is 3. The number of hydrogen-bond donors (Lipinski definition) is 1. The molecule has 1 saturated carbocycles. The van der Waals surface area contributed by atoms with Crippen LogP contribution in [0.2, 0.25) is 0 Å². The van der Waals surface area contributed by atoms with Gasteiger partial charge in [-0.2, -0.15) is 22.5 Å². The van der Waals surface area contributed by atoms with E-state index < -0.39 is 11.7 Å². The zero-order valence-electron chi connectivity index (χ0n) is 20.9. The topological polar surface area (TPSA) is 58.9 Å². The summed E-state index contributed by atoms with van der Waals surface area (Å²) in [6.07, 6.45) is -0.253. The van der Waals surface area contributed by atoms with Crippen LogP contribution in [0, 0.1) is 18.8 Å². The molecule has 1 aliphatic carbocycles. The first-order chi connectivity index (χ1) is 17.2. The number of fused-ring (bicyclic) bond motifs is 1. The molecule has 0 spiro atoms. The molecular formula is C26H33F3N6S. The van der Waals surface area contributed by atoms with Crippen molar-refractivity contribution in [2.75, 3.05) is 23.3 Å². The summed E-state index contributed by atoms with van der Waals surface area (Å²) in [4.78, 5) is 7.28. The summed E-state index contributed by atoms with van der Waals surface area (Å²) >= 11 is 1.56. The quantitative estimate of drug-likeness (QED) is 0.396. The van der Waals surface area contributed by atoms with Crippen molar-refractivity contribution in [3.05, 3.63) is 53.0 Å². The number of benzene rings is 1. The predicted molar refractivity (Wildman–Crippen MR) is 137 cm³/mol. The molecule has 2 aromatic heterocycles. The van der Waals surface area contributed by atoms with E-state index >= 15 is 0 Å². The van der Waals surface area contributed by atoms with Crippen LogP contribution in [0.4, 0.5) is 24.1 Å². The lowest BCUT2D eigenvalue weighted by molar-refractivity contribution is -0.137. The highest BCUT2D eigenvalue weighted by atomic mass is 32.1. The summed E-state index contributed by atoms with van der Waals surface area (Å²) in [6, 6.07) is 7.92. The first-order valence-corrected chi connectivity index (χ1v) is 13.6. The number of nitrogens with one attached hydrogen (secondary N) is 1. The standard InChI is InChI=1S/C26H33F3N6S/c1-4-34(22-14-17(3)33-36-22)15-19-8-7-16(2)23(19)30-25-31-24-21(6-5-13-35(24)32-25)18-9-11-20(12-10-18)26(27,28)29/h9-12,14,16,19,21,23H,4-8,13,15H2,1-3H3,(H,30,32)/t16-,19-,21?,23+/m0/s1. The second-order valence-corrected chi connectivity index (χ2v) is 10.9. The highest BCUT2D eigenvalue weighted by Crippen LogP contribution is 2.38. The molecule has 194 valence electrons. The van der Waals surface area contributed by atoms with E-state index in [-0.39, 0.29) is 12.0 Å². The minimum Gasteiger partial charge on any atom is -0.362 e. The third-order valence-corrected chi connectivity index (χ3v) is 8.63. The van der Waals surface area contributed by atoms with Crippen LogP contribution in [0.25, 0.3) is 0 Å². The Morgan fingerprint density at radius 1 is 1.17 bits per heavy atom. The molecule has 1 fully saturated rings. The van der Waals surface area contributed by atoms with Crippen LogP contribution in [0.3, 0.4) is 0 Å². The van der Waals surface area contributed by atoms with Gasteiger partial charge in [0.15, 0.2) is 0 Å². The fourth-order valence-electron chi connectivity index (χ4n) is 5.70. The molecule has 0 amide bonds. The van der Waals surface area contributed by atoms with Gasteiger partial charge in [0.05, 0.1) is 11.3 Å². The van der Waals surface area contributed by atoms with Crippen LogP contribution in [0.1, 0.15) is 68.1 Å². The average Bonchev–Trinajstić information content (AvgIpc) is 3.56. The number of anilines is 2. The SMILES string of the molecule is CCN(C[C@@H]1CC[C@H](C)[C@H]1Nc1nc2n(n1)CCCC2c1ccc(C(F)(F)F)cc1)c1cc(C)ns1. The van der Waals surface area contributed by atoms with E-state index in [9.17, 15) is 13.2 Å². The molecule has 1 aliphatic heterocycles. The molecule has 1 N–H and O–H groups in total. The Bertz CT molecular complexity index is 1170. The second kappa shape index (κ2) is 10.0. The molecule has 0 saturated heterocycles. The summed E-state index contributed by atoms with van der Waals surface area (Å²) in [5, 5.41) is 9.64. The Kier molecular flexibility index (Phi) is 6.98. The van der Waals surface area contributed by atoms with Crippen molar-refractivity contribution in [3.8, 4) is 0 Å². The van der Waals surface area contributed by atoms with Gasteiger partial charge in [-0.05, 0) is 86.7 Å². The number of alkyl halides is 3. The largest absolute Gasteiger partial charge is 0.416 e. The van der Waals surface area contributed by atoms with Gasteiger partial charge in [0, 0.05) is 31.6 Å². The summed E-state index contributed by atoms with van der Waals surface area (Å²) in [6.45, 7) is 9.17. The smallest absolute Gasteiger partial charge is 0.362 e. The van der Waals surface area contributed by atoms with E-state index in [2.05, 4.69) is 34.5 Å². The van der Waals surface area contributed by atoms with Gasteiger partial charge < -0.3 is 10.2 Å². The van der Waals surface area contributed by atoms with Crippen LogP contribution in [-0.4, -0.2) is 38.3 Å². The van der Waals surface area contributed by atoms with Crippen LogP contribution in [-0.2, 0) is 12.7 Å². The molecule has 3 aromatic rings. The van der Waals surface area contributed by atoms with Crippen molar-refractivity contribution >= 4 is 22.5 Å². The Labute approximate surface area is 214 Å². The van der Waals surface area contributed by atoms with Gasteiger partial charge in [0.2, 0.25) is 5.95 Å². The van der Waals surface area contributed by atoms with E-state index in [1.54, 1.807) is 23.7 Å². The van der Waals surface area contributed by atoms with Gasteiger partial charge in [0.25, 0.3) is 0 Å². The number of aromatic nitrogens is 4. The molecule has 4 atom stereocenters. The minimum atomic E-state index is -4.33. The molecule has 2 aliphatic rings. The number of aryl methyl sites for hydroxylation is 2. The maximum atomic E-state index is 13.0. The molecule has 6 nitrogen and oxygen atoms in total. The van der Waals surface area contributed by atoms with Gasteiger partial charge in [-0.1, -0.05) is 19.1 Å². The minimum absolute atomic E-state index is 0.0500. The Hall–Kier alpha value is -2.62. The number of rotatable bonds is 7. The van der Waals surface area contributed by atoms with Gasteiger partial charge in [-0.15, -0.1) is 5.10 Å². The normalized spacial score (nSPS) is 24.1. The molecular weight excluding hydrogens is 485 g/mol. The molecule has 36 heavy (non-hydrogen) atoms. The number of nitrogens with zero attached hydrogens (tertiary/aromatic N) is 5. The fourth-order valence-corrected chi connectivity index (χ4v) is 6.54. The Morgan fingerprint density at radius 3 is 2.61 bits per heavy atom. The first kappa shape index (κ1) is 25.0. The van der Waals surface area contributed by atoms with Crippen LogP contribution in [0.15, 0.2) is 30.3 Å². The maximum Gasteiger partial charge on any atom is 0.416 e. The van der Waals surface area contributed by atoms with Gasteiger partial charge in [-0.25, -0.2) is 4.68 Å². The maximum absolute atomic E-state index is 13.0. The molecule has 10 heteroatoms. The summed E-state index contributed by atoms with van der Waals surface area (Å²) in [5.74, 6) is 2.38. The lowest BCUT2D eigenvalue weighted by Crippen LogP contribution is -2.38. The third kappa shape index (κ3) is 5.10. The predicted octanol–water partition coefficient (Wildman–Crippen LogP) is 6.34. The second-order valence-electron chi connectivity index (χ2n) is 10.2. The van der Waals surface area contributed by atoms with E-state index in [0.717, 1.165) is 62.4 Å². The van der Waals surface area contributed by atoms with Crippen molar-refractivity contribution < 1.29 is 13.2 Å². The van der Waals surface area contributed by atoms with Crippen molar-refractivity contribution in [3.63, 3.8) is 0 Å². The van der Waals surface area contributed by atoms with Crippen molar-refractivity contribution in [1.82, 2.24) is 19.1 Å². The summed E-state index contributed by atoms with van der Waals surface area (Å²) in [5.41, 5.74) is 1.29. The lowest BCUT2D eigenvalue weighted by atomic mass is 9.90. The van der Waals surface area contributed by atoms with Gasteiger partial charge in [0.1, 0.15) is 10.8 Å². The first-order valence-electron chi connectivity index (χ1n) is 12.8. The van der Waals surface area contributed by atoms with Crippen molar-refractivity contribution in [1.29, 1.82) is 0 Å². The molecule has 0 radical (unpaired) electrons. The summed E-state index contributed by atoms with van der Waals surface area (Å²) in [7, 11) is 0. The third-order valence-electron chi connectivity index (χ3n) is 7.69. The van der Waals surface area contributed by atoms with Crippen LogP contribution >= 0.6 is 11.5 Å². The fraction of sp³-hybridized carbons (Fsp3) is 0.577. The zero-order chi connectivity index (χ0) is 25.4. The van der Waals surface area contributed by atoms with Gasteiger partial charge >= 0.3 is 6.18 Å². The van der Waals surface area contributed by atoms with E-state index in [1.165, 1.54) is 17.1 Å². The van der Waals surface area contributed by atoms with E-state index in [0.29, 0.717) is 17.8 Å². The molecule has 0 bridgehead atoms. The van der Waals surface area contributed by atoms with E-state index in [1.807, 2.05) is 11.6 Å². The van der Waals surface area contributed by atoms with Crippen molar-refractivity contribution in [2.45, 2.75) is 71.1 Å². The zero-order valence-corrected chi connectivity index (χ0v) is 21.7. The van der Waals surface area contributed by atoms with Crippen LogP contribution < -0.4 is 10.2 Å².